The van der Waals surface area contributed by atoms with Gasteiger partial charge in [-0.15, -0.1) is 0 Å². The Morgan fingerprint density at radius 2 is 1.71 bits per heavy atom. The van der Waals surface area contributed by atoms with Crippen molar-refractivity contribution >= 4 is 29.3 Å². The van der Waals surface area contributed by atoms with Crippen molar-refractivity contribution in [1.82, 2.24) is 15.5 Å². The van der Waals surface area contributed by atoms with E-state index >= 15 is 0 Å². The fourth-order valence-corrected chi connectivity index (χ4v) is 5.14. The van der Waals surface area contributed by atoms with Gasteiger partial charge in [-0.1, -0.05) is 55.5 Å². The van der Waals surface area contributed by atoms with Crippen molar-refractivity contribution in [3.05, 3.63) is 101 Å². The average molecular weight is 618 g/mol. The Hall–Kier alpha value is -4.97. The Labute approximate surface area is 262 Å². The zero-order valence-electron chi connectivity index (χ0n) is 25.2. The zero-order chi connectivity index (χ0) is 32.0. The average Bonchev–Trinajstić information content (AvgIpc) is 3.05. The highest BCUT2D eigenvalue weighted by atomic mass is 16.6. The van der Waals surface area contributed by atoms with Gasteiger partial charge in [-0.25, -0.2) is 4.79 Å². The number of nitro benzene ring substituents is 1. The second-order valence-electron chi connectivity index (χ2n) is 10.9. The zero-order valence-corrected chi connectivity index (χ0v) is 25.2. The first-order chi connectivity index (χ1) is 21.8. The van der Waals surface area contributed by atoms with E-state index in [0.717, 1.165) is 12.0 Å². The topological polar surface area (TPSA) is 152 Å². The molecule has 0 aliphatic carbocycles. The van der Waals surface area contributed by atoms with Gasteiger partial charge in [-0.2, -0.15) is 0 Å². The number of piperidine rings is 1. The normalized spacial score (nSPS) is 16.6. The lowest BCUT2D eigenvalue weighted by Gasteiger charge is -2.41. The first-order valence-electron chi connectivity index (χ1n) is 15.0. The van der Waals surface area contributed by atoms with Gasteiger partial charge in [-0.3, -0.25) is 25.0 Å². The van der Waals surface area contributed by atoms with Crippen molar-refractivity contribution in [3.8, 4) is 5.75 Å². The third kappa shape index (κ3) is 10.3. The van der Waals surface area contributed by atoms with Crippen molar-refractivity contribution in [1.29, 1.82) is 0 Å². The standard InChI is InChI=1S/C33H39N5O7/c1-24-18-20-34-30(21-24)37(31(39)23-44-28-11-6-3-7-12-28)29(32(40)36-26-14-16-27(17-15-26)38(42)43)13-8-19-35-33(41)45-22-25-9-4-2-5-10-25/h2-7,9-12,14-17,24,29-30,34H,8,13,18-23H2,1H3,(H,35,41)(H,36,40)/t24?,29-,30?/m0/s1. The van der Waals surface area contributed by atoms with E-state index in [4.69, 9.17) is 9.47 Å². The molecule has 3 atom stereocenters. The highest BCUT2D eigenvalue weighted by Gasteiger charge is 2.37. The second-order valence-corrected chi connectivity index (χ2v) is 10.9. The van der Waals surface area contributed by atoms with Crippen LogP contribution < -0.4 is 20.7 Å². The quantitative estimate of drug-likeness (QED) is 0.132. The lowest BCUT2D eigenvalue weighted by molar-refractivity contribution is -0.384. The maximum Gasteiger partial charge on any atom is 0.407 e. The first-order valence-corrected chi connectivity index (χ1v) is 15.0. The van der Waals surface area contributed by atoms with Crippen LogP contribution in [-0.4, -0.2) is 59.6 Å². The number of hydrogen-bond donors (Lipinski definition) is 3. The van der Waals surface area contributed by atoms with E-state index in [0.29, 0.717) is 36.7 Å². The molecule has 0 saturated carbocycles. The molecule has 0 bridgehead atoms. The summed E-state index contributed by atoms with van der Waals surface area (Å²) in [5.74, 6) is 0.0232. The van der Waals surface area contributed by atoms with Crippen LogP contribution in [0.3, 0.4) is 0 Å². The molecule has 3 N–H and O–H groups in total. The van der Waals surface area contributed by atoms with Crippen molar-refractivity contribution in [3.63, 3.8) is 0 Å². The van der Waals surface area contributed by atoms with Crippen molar-refractivity contribution < 1.29 is 28.8 Å². The van der Waals surface area contributed by atoms with E-state index in [2.05, 4.69) is 22.9 Å². The fourth-order valence-electron chi connectivity index (χ4n) is 5.14. The van der Waals surface area contributed by atoms with Crippen LogP contribution in [0.4, 0.5) is 16.2 Å². The van der Waals surface area contributed by atoms with E-state index in [1.165, 1.54) is 24.3 Å². The van der Waals surface area contributed by atoms with Gasteiger partial charge in [0, 0.05) is 24.4 Å². The van der Waals surface area contributed by atoms with Gasteiger partial charge in [0.05, 0.1) is 11.1 Å². The molecule has 3 aromatic carbocycles. The van der Waals surface area contributed by atoms with Crippen molar-refractivity contribution in [2.45, 2.75) is 51.4 Å². The molecule has 12 nitrogen and oxygen atoms in total. The molecule has 1 aliphatic rings. The molecule has 238 valence electrons. The minimum absolute atomic E-state index is 0.106. The van der Waals surface area contributed by atoms with Gasteiger partial charge in [-0.05, 0) is 68.0 Å². The van der Waals surface area contributed by atoms with Gasteiger partial charge >= 0.3 is 6.09 Å². The molecular weight excluding hydrogens is 578 g/mol. The van der Waals surface area contributed by atoms with E-state index in [1.54, 1.807) is 29.2 Å². The smallest absolute Gasteiger partial charge is 0.407 e. The summed E-state index contributed by atoms with van der Waals surface area (Å²) in [5, 5.41) is 20.0. The Morgan fingerprint density at radius 1 is 1.02 bits per heavy atom. The molecule has 1 saturated heterocycles. The molecule has 45 heavy (non-hydrogen) atoms. The van der Waals surface area contributed by atoms with Crippen LogP contribution in [0.2, 0.25) is 0 Å². The van der Waals surface area contributed by atoms with Crippen molar-refractivity contribution in [2.75, 3.05) is 25.0 Å². The summed E-state index contributed by atoms with van der Waals surface area (Å²) in [6, 6.07) is 22.8. The molecule has 1 aliphatic heterocycles. The Morgan fingerprint density at radius 3 is 2.38 bits per heavy atom. The fraction of sp³-hybridized carbons (Fsp3) is 0.364. The Balaban J connectivity index is 1.48. The van der Waals surface area contributed by atoms with Crippen LogP contribution in [0.1, 0.15) is 38.2 Å². The highest BCUT2D eigenvalue weighted by Crippen LogP contribution is 2.24. The number of ether oxygens (including phenoxy) is 2. The minimum Gasteiger partial charge on any atom is -0.484 e. The van der Waals surface area contributed by atoms with Crippen LogP contribution >= 0.6 is 0 Å². The number of nitrogens with zero attached hydrogens (tertiary/aromatic N) is 2. The van der Waals surface area contributed by atoms with Gasteiger partial charge in [0.2, 0.25) is 5.91 Å². The van der Waals surface area contributed by atoms with Crippen LogP contribution in [0.5, 0.6) is 5.75 Å². The summed E-state index contributed by atoms with van der Waals surface area (Å²) in [6.07, 6.45) is 1.16. The number of amides is 3. The third-order valence-electron chi connectivity index (χ3n) is 7.49. The minimum atomic E-state index is -0.933. The van der Waals surface area contributed by atoms with E-state index in [-0.39, 0.29) is 37.8 Å². The van der Waals surface area contributed by atoms with Crippen LogP contribution in [0, 0.1) is 16.0 Å². The summed E-state index contributed by atoms with van der Waals surface area (Å²) < 4.78 is 11.1. The molecular formula is C33H39N5O7. The number of alkyl carbamates (subject to hydrolysis) is 1. The maximum absolute atomic E-state index is 13.8. The molecule has 2 unspecified atom stereocenters. The first kappa shape index (κ1) is 32.9. The van der Waals surface area contributed by atoms with Gasteiger partial charge < -0.3 is 25.0 Å². The molecule has 1 fully saturated rings. The number of carbonyl (C=O) groups excluding carboxylic acids is 3. The number of nitro groups is 1. The predicted molar refractivity (Wildman–Crippen MR) is 168 cm³/mol. The lowest BCUT2D eigenvalue weighted by Crippen LogP contribution is -2.60. The predicted octanol–water partition coefficient (Wildman–Crippen LogP) is 4.86. The highest BCUT2D eigenvalue weighted by molar-refractivity contribution is 5.97. The van der Waals surface area contributed by atoms with Gasteiger partial charge in [0.1, 0.15) is 18.4 Å². The summed E-state index contributed by atoms with van der Waals surface area (Å²) >= 11 is 0. The Bertz CT molecular complexity index is 1410. The molecule has 0 aromatic heterocycles. The van der Waals surface area contributed by atoms with Gasteiger partial charge in [0.25, 0.3) is 11.6 Å². The molecule has 0 spiro atoms. The van der Waals surface area contributed by atoms with E-state index in [9.17, 15) is 24.5 Å². The maximum atomic E-state index is 13.8. The van der Waals surface area contributed by atoms with Crippen LogP contribution in [-0.2, 0) is 20.9 Å². The number of carbonyl (C=O) groups is 3. The largest absolute Gasteiger partial charge is 0.484 e. The number of nitrogens with one attached hydrogen (secondary N) is 3. The summed E-state index contributed by atoms with van der Waals surface area (Å²) in [6.45, 7) is 2.85. The summed E-state index contributed by atoms with van der Waals surface area (Å²) in [7, 11) is 0. The number of rotatable bonds is 14. The number of benzene rings is 3. The van der Waals surface area contributed by atoms with Crippen molar-refractivity contribution in [2.24, 2.45) is 5.92 Å². The molecule has 12 heteroatoms. The number of hydrogen-bond acceptors (Lipinski definition) is 8. The van der Waals surface area contributed by atoms with E-state index in [1.807, 2.05) is 36.4 Å². The number of non-ortho nitro benzene ring substituents is 1. The second kappa shape index (κ2) is 16.8. The SMILES string of the molecule is CC1CCNC(N(C(=O)COc2ccccc2)[C@@H](CCCNC(=O)OCc2ccccc2)C(=O)Nc2ccc([N+](=O)[O-])cc2)C1. The third-order valence-corrected chi connectivity index (χ3v) is 7.49. The lowest BCUT2D eigenvalue weighted by atomic mass is 9.95. The van der Waals surface area contributed by atoms with Crippen LogP contribution in [0.25, 0.3) is 0 Å². The monoisotopic (exact) mass is 617 g/mol. The molecule has 1 heterocycles. The molecule has 3 amide bonds. The summed E-state index contributed by atoms with van der Waals surface area (Å²) in [5.41, 5.74) is 1.11. The molecule has 0 radical (unpaired) electrons. The van der Waals surface area contributed by atoms with Crippen LogP contribution in [0.15, 0.2) is 84.9 Å². The molecule has 4 rings (SSSR count). The van der Waals surface area contributed by atoms with Gasteiger partial charge in [0.15, 0.2) is 6.61 Å². The number of anilines is 1. The Kier molecular flexibility index (Phi) is 12.3. The molecule has 3 aromatic rings. The number of para-hydroxylation sites is 1. The summed E-state index contributed by atoms with van der Waals surface area (Å²) in [4.78, 5) is 52.1. The van der Waals surface area contributed by atoms with E-state index < -0.39 is 29.1 Å².